The highest BCUT2D eigenvalue weighted by atomic mass is 35.5. The monoisotopic (exact) mass is 387 g/mol. The van der Waals surface area contributed by atoms with Crippen molar-refractivity contribution in [3.8, 4) is 5.75 Å². The summed E-state index contributed by atoms with van der Waals surface area (Å²) >= 11 is 17.6. The summed E-state index contributed by atoms with van der Waals surface area (Å²) in [5, 5.41) is 12.5. The molecule has 0 aliphatic rings. The lowest BCUT2D eigenvalue weighted by molar-refractivity contribution is -0.139. The van der Waals surface area contributed by atoms with Gasteiger partial charge in [-0.2, -0.15) is 0 Å². The van der Waals surface area contributed by atoms with Gasteiger partial charge in [-0.25, -0.2) is 4.79 Å². The highest BCUT2D eigenvalue weighted by Gasteiger charge is 2.14. The zero-order chi connectivity index (χ0) is 17.7. The van der Waals surface area contributed by atoms with Gasteiger partial charge in [0.25, 0.3) is 5.91 Å². The average molecular weight is 389 g/mol. The Hall–Kier alpha value is -1.95. The number of rotatable bonds is 6. The Morgan fingerprint density at radius 2 is 1.79 bits per heavy atom. The van der Waals surface area contributed by atoms with Crippen LogP contribution in [-0.2, 0) is 11.3 Å². The number of hydrogen-bond acceptors (Lipinski definition) is 3. The molecule has 5 nitrogen and oxygen atoms in total. The predicted octanol–water partition coefficient (Wildman–Crippen LogP) is 4.04. The first-order valence-electron chi connectivity index (χ1n) is 6.73. The number of amides is 1. The van der Waals surface area contributed by atoms with Crippen molar-refractivity contribution in [1.29, 1.82) is 0 Å². The molecule has 2 rings (SSSR count). The van der Waals surface area contributed by atoms with Crippen LogP contribution in [0.15, 0.2) is 36.4 Å². The van der Waals surface area contributed by atoms with Gasteiger partial charge in [0, 0.05) is 11.6 Å². The van der Waals surface area contributed by atoms with Gasteiger partial charge in [0.2, 0.25) is 0 Å². The lowest BCUT2D eigenvalue weighted by Gasteiger charge is -2.11. The maximum Gasteiger partial charge on any atom is 0.341 e. The Bertz CT molecular complexity index is 780. The molecule has 0 fully saturated rings. The fraction of sp³-hybridized carbons (Fsp3) is 0.125. The molecule has 2 N–H and O–H groups in total. The zero-order valence-corrected chi connectivity index (χ0v) is 14.5. The van der Waals surface area contributed by atoms with Gasteiger partial charge in [0.05, 0.1) is 15.6 Å². The van der Waals surface area contributed by atoms with Crippen LogP contribution in [0.25, 0.3) is 0 Å². The van der Waals surface area contributed by atoms with Crippen molar-refractivity contribution >= 4 is 46.7 Å². The van der Waals surface area contributed by atoms with E-state index in [9.17, 15) is 9.59 Å². The molecule has 126 valence electrons. The molecule has 0 radical (unpaired) electrons. The van der Waals surface area contributed by atoms with E-state index in [4.69, 9.17) is 44.6 Å². The smallest absolute Gasteiger partial charge is 0.341 e. The van der Waals surface area contributed by atoms with Crippen LogP contribution in [0.1, 0.15) is 15.9 Å². The Morgan fingerprint density at radius 1 is 1.04 bits per heavy atom. The zero-order valence-electron chi connectivity index (χ0n) is 12.2. The van der Waals surface area contributed by atoms with Gasteiger partial charge >= 0.3 is 5.97 Å². The molecule has 0 aromatic heterocycles. The summed E-state index contributed by atoms with van der Waals surface area (Å²) in [5.74, 6) is -1.49. The summed E-state index contributed by atoms with van der Waals surface area (Å²) in [6.45, 7) is -0.357. The van der Waals surface area contributed by atoms with E-state index in [2.05, 4.69) is 5.32 Å². The Balaban J connectivity index is 2.10. The molecule has 0 atom stereocenters. The summed E-state index contributed by atoms with van der Waals surface area (Å²) in [7, 11) is 0. The SMILES string of the molecule is O=C(O)COc1cc(Cl)ccc1C(=O)NCc1ccc(Cl)c(Cl)c1. The largest absolute Gasteiger partial charge is 0.481 e. The molecule has 0 spiro atoms. The lowest BCUT2D eigenvalue weighted by Crippen LogP contribution is -2.24. The molecular formula is C16H12Cl3NO4. The van der Waals surface area contributed by atoms with Crippen LogP contribution in [0.4, 0.5) is 0 Å². The lowest BCUT2D eigenvalue weighted by atomic mass is 10.1. The van der Waals surface area contributed by atoms with E-state index >= 15 is 0 Å². The van der Waals surface area contributed by atoms with E-state index in [0.717, 1.165) is 5.56 Å². The predicted molar refractivity (Wildman–Crippen MR) is 92.2 cm³/mol. The van der Waals surface area contributed by atoms with Crippen LogP contribution in [0, 0.1) is 0 Å². The van der Waals surface area contributed by atoms with Crippen molar-refractivity contribution in [2.24, 2.45) is 0 Å². The van der Waals surface area contributed by atoms with Crippen LogP contribution in [0.3, 0.4) is 0 Å². The van der Waals surface area contributed by atoms with E-state index in [1.807, 2.05) is 0 Å². The molecule has 0 unspecified atom stereocenters. The summed E-state index contributed by atoms with van der Waals surface area (Å²) in [4.78, 5) is 22.9. The second-order valence-corrected chi connectivity index (χ2v) is 6.00. The van der Waals surface area contributed by atoms with Crippen LogP contribution in [-0.4, -0.2) is 23.6 Å². The average Bonchev–Trinajstić information content (AvgIpc) is 2.53. The van der Waals surface area contributed by atoms with Gasteiger partial charge in [0.1, 0.15) is 5.75 Å². The molecule has 0 aliphatic carbocycles. The maximum absolute atomic E-state index is 12.3. The molecule has 8 heteroatoms. The van der Waals surface area contributed by atoms with E-state index in [-0.39, 0.29) is 17.9 Å². The number of carbonyl (C=O) groups is 2. The number of carboxylic acids is 1. The minimum atomic E-state index is -1.16. The molecule has 2 aromatic rings. The standard InChI is InChI=1S/C16H12Cl3NO4/c17-10-2-3-11(14(6-10)24-8-15(21)22)16(23)20-7-9-1-4-12(18)13(19)5-9/h1-6H,7-8H2,(H,20,23)(H,21,22). The number of halogens is 3. The number of carboxylic acid groups (broad SMARTS) is 1. The number of benzene rings is 2. The third kappa shape index (κ3) is 5.03. The summed E-state index contributed by atoms with van der Waals surface area (Å²) in [6.07, 6.45) is 0. The van der Waals surface area contributed by atoms with Crippen LogP contribution in [0.2, 0.25) is 15.1 Å². The number of hydrogen-bond donors (Lipinski definition) is 2. The van der Waals surface area contributed by atoms with Crippen molar-refractivity contribution in [2.45, 2.75) is 6.54 Å². The molecule has 24 heavy (non-hydrogen) atoms. The van der Waals surface area contributed by atoms with Crippen molar-refractivity contribution in [1.82, 2.24) is 5.32 Å². The molecule has 1 amide bonds. The molecule has 0 saturated heterocycles. The van der Waals surface area contributed by atoms with Gasteiger partial charge < -0.3 is 15.2 Å². The summed E-state index contributed by atoms with van der Waals surface area (Å²) in [5.41, 5.74) is 0.945. The highest BCUT2D eigenvalue weighted by Crippen LogP contribution is 2.24. The Labute approximate surface area is 153 Å². The summed E-state index contributed by atoms with van der Waals surface area (Å²) < 4.78 is 5.10. The quantitative estimate of drug-likeness (QED) is 0.783. The second kappa shape index (κ2) is 8.24. The first kappa shape index (κ1) is 18.4. The fourth-order valence-corrected chi connectivity index (χ4v) is 2.35. The maximum atomic E-state index is 12.3. The highest BCUT2D eigenvalue weighted by molar-refractivity contribution is 6.42. The molecule has 2 aromatic carbocycles. The van der Waals surface area contributed by atoms with Gasteiger partial charge in [0.15, 0.2) is 6.61 Å². The summed E-state index contributed by atoms with van der Waals surface area (Å²) in [6, 6.07) is 9.38. The minimum Gasteiger partial charge on any atom is -0.481 e. The third-order valence-corrected chi connectivity index (χ3v) is 3.95. The van der Waals surface area contributed by atoms with E-state index in [0.29, 0.717) is 15.1 Å². The van der Waals surface area contributed by atoms with Crippen molar-refractivity contribution in [3.63, 3.8) is 0 Å². The van der Waals surface area contributed by atoms with Crippen LogP contribution < -0.4 is 10.1 Å². The molecule has 0 bridgehead atoms. The van der Waals surface area contributed by atoms with E-state index < -0.39 is 18.5 Å². The topological polar surface area (TPSA) is 75.6 Å². The number of aliphatic carboxylic acids is 1. The molecular weight excluding hydrogens is 377 g/mol. The van der Waals surface area contributed by atoms with Gasteiger partial charge in [-0.05, 0) is 35.9 Å². The molecule has 0 aliphatic heterocycles. The fourth-order valence-electron chi connectivity index (χ4n) is 1.87. The second-order valence-electron chi connectivity index (χ2n) is 4.75. The minimum absolute atomic E-state index is 0.0940. The molecule has 0 saturated carbocycles. The van der Waals surface area contributed by atoms with Gasteiger partial charge in [-0.3, -0.25) is 4.79 Å². The van der Waals surface area contributed by atoms with Gasteiger partial charge in [-0.1, -0.05) is 40.9 Å². The van der Waals surface area contributed by atoms with Gasteiger partial charge in [-0.15, -0.1) is 0 Å². The molecule has 0 heterocycles. The number of carbonyl (C=O) groups excluding carboxylic acids is 1. The van der Waals surface area contributed by atoms with E-state index in [1.54, 1.807) is 18.2 Å². The van der Waals surface area contributed by atoms with Crippen LogP contribution >= 0.6 is 34.8 Å². The van der Waals surface area contributed by atoms with Crippen LogP contribution in [0.5, 0.6) is 5.75 Å². The third-order valence-electron chi connectivity index (χ3n) is 2.98. The van der Waals surface area contributed by atoms with Crippen molar-refractivity contribution in [3.05, 3.63) is 62.6 Å². The van der Waals surface area contributed by atoms with Crippen molar-refractivity contribution < 1.29 is 19.4 Å². The van der Waals surface area contributed by atoms with Crippen molar-refractivity contribution in [2.75, 3.05) is 6.61 Å². The normalized spacial score (nSPS) is 10.3. The Morgan fingerprint density at radius 3 is 2.46 bits per heavy atom. The first-order valence-corrected chi connectivity index (χ1v) is 7.86. The number of nitrogens with one attached hydrogen (secondary N) is 1. The van der Waals surface area contributed by atoms with E-state index in [1.165, 1.54) is 18.2 Å². The Kier molecular flexibility index (Phi) is 6.31. The number of ether oxygens (including phenoxy) is 1. The first-order chi connectivity index (χ1) is 11.4.